The van der Waals surface area contributed by atoms with Gasteiger partial charge in [-0.2, -0.15) is 0 Å². The molecule has 0 aliphatic carbocycles. The summed E-state index contributed by atoms with van der Waals surface area (Å²) in [5.74, 6) is 1.30. The molecule has 2 fully saturated rings. The fraction of sp³-hybridized carbons (Fsp3) is 0.933. The summed E-state index contributed by atoms with van der Waals surface area (Å²) in [7, 11) is 2.19. The predicted molar refractivity (Wildman–Crippen MR) is 85.0 cm³/mol. The highest BCUT2D eigenvalue weighted by Crippen LogP contribution is 2.16. The van der Waals surface area contributed by atoms with E-state index in [1.54, 1.807) is 0 Å². The molecular weight excluding hydrogens is 250 g/mol. The molecule has 2 aliphatic rings. The Hall–Kier alpha value is -0.810. The number of likely N-dealkylation sites (tertiary alicyclic amines) is 2. The topological polar surface area (TPSA) is 56.9 Å². The average Bonchev–Trinajstić information content (AvgIpc) is 2.90. The fourth-order valence-corrected chi connectivity index (χ4v) is 3.47. The van der Waals surface area contributed by atoms with E-state index < -0.39 is 0 Å². The second-order valence-corrected chi connectivity index (χ2v) is 6.30. The maximum absolute atomic E-state index is 6.00. The number of nitrogens with two attached hydrogens (primary N) is 1. The Balaban J connectivity index is 1.68. The van der Waals surface area contributed by atoms with Gasteiger partial charge in [-0.05, 0) is 58.3 Å². The monoisotopic (exact) mass is 281 g/mol. The molecule has 20 heavy (non-hydrogen) atoms. The maximum atomic E-state index is 6.00. The van der Waals surface area contributed by atoms with Crippen LogP contribution in [0.25, 0.3) is 0 Å². The smallest absolute Gasteiger partial charge is 0.188 e. The van der Waals surface area contributed by atoms with Gasteiger partial charge in [-0.25, -0.2) is 0 Å². The number of nitrogens with zero attached hydrogens (tertiary/aromatic N) is 3. The minimum atomic E-state index is 0.626. The van der Waals surface area contributed by atoms with Crippen LogP contribution in [-0.4, -0.2) is 68.1 Å². The highest BCUT2D eigenvalue weighted by atomic mass is 15.2. The van der Waals surface area contributed by atoms with Gasteiger partial charge in [0, 0.05) is 25.7 Å². The molecule has 2 saturated heterocycles. The third-order valence-corrected chi connectivity index (χ3v) is 4.67. The summed E-state index contributed by atoms with van der Waals surface area (Å²) in [4.78, 5) is 9.45. The first-order valence-electron chi connectivity index (χ1n) is 8.15. The number of aliphatic imine (C=N–C) groups is 1. The quantitative estimate of drug-likeness (QED) is 0.576. The van der Waals surface area contributed by atoms with Gasteiger partial charge in [0.1, 0.15) is 0 Å². The first kappa shape index (κ1) is 15.6. The number of hydrogen-bond acceptors (Lipinski definition) is 3. The molecule has 0 aromatic heterocycles. The van der Waals surface area contributed by atoms with Gasteiger partial charge < -0.3 is 16.0 Å². The molecule has 0 aromatic rings. The minimum Gasteiger partial charge on any atom is -0.370 e. The summed E-state index contributed by atoms with van der Waals surface area (Å²) in [6.07, 6.45) is 5.16. The van der Waals surface area contributed by atoms with E-state index in [1.165, 1.54) is 38.8 Å². The van der Waals surface area contributed by atoms with Crippen molar-refractivity contribution in [1.82, 2.24) is 15.1 Å². The first-order valence-corrected chi connectivity index (χ1v) is 8.15. The summed E-state index contributed by atoms with van der Waals surface area (Å²) in [6, 6.07) is 0.634. The number of rotatable bonds is 5. The van der Waals surface area contributed by atoms with Gasteiger partial charge in [-0.3, -0.25) is 9.89 Å². The van der Waals surface area contributed by atoms with E-state index in [9.17, 15) is 0 Å². The molecule has 0 spiro atoms. The molecule has 2 rings (SSSR count). The van der Waals surface area contributed by atoms with E-state index in [0.717, 1.165) is 26.2 Å². The van der Waals surface area contributed by atoms with Gasteiger partial charge >= 0.3 is 0 Å². The number of likely N-dealkylation sites (N-methyl/N-ethyl adjacent to an activating group) is 1. The molecule has 2 unspecified atom stereocenters. The van der Waals surface area contributed by atoms with Crippen molar-refractivity contribution in [3.05, 3.63) is 0 Å². The van der Waals surface area contributed by atoms with Crippen molar-refractivity contribution in [2.24, 2.45) is 16.6 Å². The second kappa shape index (κ2) is 7.84. The molecule has 2 aliphatic heterocycles. The zero-order chi connectivity index (χ0) is 14.4. The van der Waals surface area contributed by atoms with Crippen molar-refractivity contribution in [1.29, 1.82) is 0 Å². The highest BCUT2D eigenvalue weighted by molar-refractivity contribution is 5.77. The lowest BCUT2D eigenvalue weighted by Crippen LogP contribution is -2.43. The van der Waals surface area contributed by atoms with Gasteiger partial charge in [-0.1, -0.05) is 6.92 Å². The van der Waals surface area contributed by atoms with Crippen LogP contribution in [-0.2, 0) is 0 Å². The first-order chi connectivity index (χ1) is 9.69. The Bertz CT molecular complexity index is 317. The average molecular weight is 281 g/mol. The zero-order valence-corrected chi connectivity index (χ0v) is 13.1. The van der Waals surface area contributed by atoms with Gasteiger partial charge in [0.05, 0.1) is 0 Å². The molecule has 0 radical (unpaired) electrons. The lowest BCUT2D eigenvalue weighted by molar-refractivity contribution is 0.214. The summed E-state index contributed by atoms with van der Waals surface area (Å²) in [5.41, 5.74) is 6.00. The molecule has 5 nitrogen and oxygen atoms in total. The third-order valence-electron chi connectivity index (χ3n) is 4.67. The van der Waals surface area contributed by atoms with Crippen LogP contribution in [0.4, 0.5) is 0 Å². The molecule has 0 saturated carbocycles. The molecule has 0 amide bonds. The standard InChI is InChI=1S/C15H31N5/c1-3-20-9-5-7-14(20)11-18-15(16)17-10-13-6-4-8-19(2)12-13/h13-14H,3-12H2,1-2H3,(H3,16,17,18). The Labute approximate surface area is 123 Å². The predicted octanol–water partition coefficient (Wildman–Crippen LogP) is 0.717. The summed E-state index contributed by atoms with van der Waals surface area (Å²) in [5, 5.41) is 3.31. The van der Waals surface area contributed by atoms with Gasteiger partial charge in [-0.15, -0.1) is 0 Å². The molecule has 0 aromatic carbocycles. The van der Waals surface area contributed by atoms with E-state index in [-0.39, 0.29) is 0 Å². The van der Waals surface area contributed by atoms with Crippen LogP contribution in [0.15, 0.2) is 4.99 Å². The molecule has 3 N–H and O–H groups in total. The van der Waals surface area contributed by atoms with Crippen LogP contribution >= 0.6 is 0 Å². The van der Waals surface area contributed by atoms with Crippen molar-refractivity contribution >= 4 is 5.96 Å². The largest absolute Gasteiger partial charge is 0.370 e. The normalized spacial score (nSPS) is 29.8. The second-order valence-electron chi connectivity index (χ2n) is 6.30. The maximum Gasteiger partial charge on any atom is 0.188 e. The Morgan fingerprint density at radius 3 is 2.85 bits per heavy atom. The molecule has 0 bridgehead atoms. The van der Waals surface area contributed by atoms with Gasteiger partial charge in [0.15, 0.2) is 5.96 Å². The number of piperidine rings is 1. The van der Waals surface area contributed by atoms with E-state index in [2.05, 4.69) is 34.1 Å². The third kappa shape index (κ3) is 4.63. The van der Waals surface area contributed by atoms with Gasteiger partial charge in [0.2, 0.25) is 0 Å². The van der Waals surface area contributed by atoms with Crippen LogP contribution in [0.1, 0.15) is 32.6 Å². The highest BCUT2D eigenvalue weighted by Gasteiger charge is 2.22. The molecule has 2 heterocycles. The van der Waals surface area contributed by atoms with E-state index >= 15 is 0 Å². The van der Waals surface area contributed by atoms with Crippen molar-refractivity contribution in [2.75, 3.05) is 46.3 Å². The molecule has 5 heteroatoms. The number of guanidine groups is 1. The Morgan fingerprint density at radius 1 is 1.30 bits per heavy atom. The van der Waals surface area contributed by atoms with E-state index in [4.69, 9.17) is 5.73 Å². The number of nitrogens with one attached hydrogen (secondary N) is 1. The molecule has 116 valence electrons. The Kier molecular flexibility index (Phi) is 6.10. The Morgan fingerprint density at radius 2 is 2.10 bits per heavy atom. The zero-order valence-electron chi connectivity index (χ0n) is 13.1. The van der Waals surface area contributed by atoms with E-state index in [1.807, 2.05) is 0 Å². The van der Waals surface area contributed by atoms with Crippen LogP contribution < -0.4 is 11.1 Å². The minimum absolute atomic E-state index is 0.626. The van der Waals surface area contributed by atoms with Crippen molar-refractivity contribution in [3.8, 4) is 0 Å². The van der Waals surface area contributed by atoms with Crippen molar-refractivity contribution < 1.29 is 0 Å². The molecular formula is C15H31N5. The van der Waals surface area contributed by atoms with Gasteiger partial charge in [0.25, 0.3) is 0 Å². The van der Waals surface area contributed by atoms with Crippen molar-refractivity contribution in [3.63, 3.8) is 0 Å². The van der Waals surface area contributed by atoms with Crippen LogP contribution in [0.3, 0.4) is 0 Å². The molecule has 2 atom stereocenters. The SMILES string of the molecule is CCN1CCCC1CNC(N)=NCC1CCCN(C)C1. The summed E-state index contributed by atoms with van der Waals surface area (Å²) >= 11 is 0. The van der Waals surface area contributed by atoms with Crippen LogP contribution in [0, 0.1) is 5.92 Å². The van der Waals surface area contributed by atoms with Crippen molar-refractivity contribution in [2.45, 2.75) is 38.6 Å². The van der Waals surface area contributed by atoms with Crippen LogP contribution in [0.2, 0.25) is 0 Å². The number of hydrogen-bond donors (Lipinski definition) is 2. The summed E-state index contributed by atoms with van der Waals surface area (Å²) in [6.45, 7) is 8.78. The van der Waals surface area contributed by atoms with E-state index in [0.29, 0.717) is 17.9 Å². The summed E-state index contributed by atoms with van der Waals surface area (Å²) < 4.78 is 0. The lowest BCUT2D eigenvalue weighted by atomic mass is 9.99. The fourth-order valence-electron chi connectivity index (χ4n) is 3.47. The van der Waals surface area contributed by atoms with Crippen LogP contribution in [0.5, 0.6) is 0 Å². The lowest BCUT2D eigenvalue weighted by Gasteiger charge is -2.28.